The first-order chi connectivity index (χ1) is 11.8. The zero-order valence-corrected chi connectivity index (χ0v) is 16.0. The SMILES string of the molecule is CCc1ccc(C(C)NC(=O)/C=C/c2ccc(C(C)(C)C)cc2)cc1. The molecule has 1 N–H and O–H groups in total. The molecule has 132 valence electrons. The van der Waals surface area contributed by atoms with Crippen LogP contribution in [0.2, 0.25) is 0 Å². The van der Waals surface area contributed by atoms with E-state index in [1.807, 2.05) is 13.0 Å². The Kier molecular flexibility index (Phi) is 6.19. The molecule has 0 saturated carbocycles. The van der Waals surface area contributed by atoms with Crippen LogP contribution in [0.25, 0.3) is 6.08 Å². The quantitative estimate of drug-likeness (QED) is 0.725. The molecule has 1 amide bonds. The minimum absolute atomic E-state index is 0.00803. The Labute approximate surface area is 152 Å². The molecule has 25 heavy (non-hydrogen) atoms. The fourth-order valence-corrected chi connectivity index (χ4v) is 2.65. The summed E-state index contributed by atoms with van der Waals surface area (Å²) < 4.78 is 0. The van der Waals surface area contributed by atoms with E-state index in [1.165, 1.54) is 11.1 Å². The fourth-order valence-electron chi connectivity index (χ4n) is 2.65. The van der Waals surface area contributed by atoms with Gasteiger partial charge in [-0.3, -0.25) is 4.79 Å². The number of rotatable bonds is 5. The molecule has 0 radical (unpaired) electrons. The van der Waals surface area contributed by atoms with Gasteiger partial charge in [0.15, 0.2) is 0 Å². The molecule has 0 bridgehead atoms. The number of hydrogen-bond acceptors (Lipinski definition) is 1. The molecule has 0 aliphatic heterocycles. The predicted octanol–water partition coefficient (Wildman–Crippen LogP) is 5.44. The van der Waals surface area contributed by atoms with Crippen LogP contribution < -0.4 is 5.32 Å². The standard InChI is InChI=1S/C23H29NO/c1-6-18-7-12-20(13-8-18)17(2)24-22(25)16-11-19-9-14-21(15-10-19)23(3,4)5/h7-17H,6H2,1-5H3,(H,24,25)/b16-11+. The molecule has 0 aliphatic carbocycles. The van der Waals surface area contributed by atoms with E-state index in [9.17, 15) is 4.79 Å². The summed E-state index contributed by atoms with van der Waals surface area (Å²) >= 11 is 0. The molecule has 2 aromatic carbocycles. The normalized spacial score (nSPS) is 13.0. The average molecular weight is 335 g/mol. The van der Waals surface area contributed by atoms with Crippen molar-refractivity contribution in [2.45, 2.75) is 52.5 Å². The van der Waals surface area contributed by atoms with Crippen molar-refractivity contribution in [3.63, 3.8) is 0 Å². The first-order valence-corrected chi connectivity index (χ1v) is 8.97. The second-order valence-corrected chi connectivity index (χ2v) is 7.53. The van der Waals surface area contributed by atoms with E-state index in [0.717, 1.165) is 17.5 Å². The van der Waals surface area contributed by atoms with Crippen LogP contribution >= 0.6 is 0 Å². The summed E-state index contributed by atoms with van der Waals surface area (Å²) in [4.78, 5) is 12.2. The van der Waals surface area contributed by atoms with Gasteiger partial charge in [0.1, 0.15) is 0 Å². The van der Waals surface area contributed by atoms with E-state index in [1.54, 1.807) is 6.08 Å². The Morgan fingerprint density at radius 2 is 1.64 bits per heavy atom. The third-order valence-electron chi connectivity index (χ3n) is 4.45. The van der Waals surface area contributed by atoms with Gasteiger partial charge in [-0.1, -0.05) is 76.2 Å². The summed E-state index contributed by atoms with van der Waals surface area (Å²) in [7, 11) is 0. The van der Waals surface area contributed by atoms with E-state index in [0.29, 0.717) is 0 Å². The van der Waals surface area contributed by atoms with Crippen LogP contribution in [0.4, 0.5) is 0 Å². The number of aryl methyl sites for hydroxylation is 1. The van der Waals surface area contributed by atoms with Crippen molar-refractivity contribution in [3.05, 3.63) is 76.9 Å². The van der Waals surface area contributed by atoms with Gasteiger partial charge >= 0.3 is 0 Å². The largest absolute Gasteiger partial charge is 0.346 e. The first kappa shape index (κ1) is 19.0. The van der Waals surface area contributed by atoms with Gasteiger partial charge in [-0.05, 0) is 47.1 Å². The van der Waals surface area contributed by atoms with Crippen molar-refractivity contribution in [1.29, 1.82) is 0 Å². The lowest BCUT2D eigenvalue weighted by Gasteiger charge is -2.18. The molecule has 0 heterocycles. The smallest absolute Gasteiger partial charge is 0.244 e. The topological polar surface area (TPSA) is 29.1 Å². The van der Waals surface area contributed by atoms with Crippen LogP contribution in [0, 0.1) is 0 Å². The second-order valence-electron chi connectivity index (χ2n) is 7.53. The number of benzene rings is 2. The van der Waals surface area contributed by atoms with Crippen LogP contribution in [0.5, 0.6) is 0 Å². The van der Waals surface area contributed by atoms with Gasteiger partial charge in [0, 0.05) is 6.08 Å². The van der Waals surface area contributed by atoms with Crippen LogP contribution in [-0.2, 0) is 16.6 Å². The molecule has 2 aromatic rings. The Morgan fingerprint density at radius 1 is 1.04 bits per heavy atom. The van der Waals surface area contributed by atoms with Crippen molar-refractivity contribution in [3.8, 4) is 0 Å². The average Bonchev–Trinajstić information content (AvgIpc) is 2.59. The molecular formula is C23H29NO. The van der Waals surface area contributed by atoms with Gasteiger partial charge in [0.2, 0.25) is 5.91 Å². The summed E-state index contributed by atoms with van der Waals surface area (Å²) in [5.74, 6) is -0.0769. The first-order valence-electron chi connectivity index (χ1n) is 8.97. The Bertz CT molecular complexity index is 718. The van der Waals surface area contributed by atoms with Crippen molar-refractivity contribution in [1.82, 2.24) is 5.32 Å². The maximum absolute atomic E-state index is 12.2. The highest BCUT2D eigenvalue weighted by molar-refractivity contribution is 5.91. The van der Waals surface area contributed by atoms with Crippen molar-refractivity contribution >= 4 is 12.0 Å². The molecule has 0 saturated heterocycles. The molecule has 2 rings (SSSR count). The van der Waals surface area contributed by atoms with Gasteiger partial charge in [0.05, 0.1) is 6.04 Å². The van der Waals surface area contributed by atoms with Crippen molar-refractivity contribution in [2.75, 3.05) is 0 Å². The van der Waals surface area contributed by atoms with Gasteiger partial charge in [-0.15, -0.1) is 0 Å². The van der Waals surface area contributed by atoms with Crippen molar-refractivity contribution < 1.29 is 4.79 Å². The Morgan fingerprint density at radius 3 is 2.16 bits per heavy atom. The molecule has 1 atom stereocenters. The number of carbonyl (C=O) groups excluding carboxylic acids is 1. The van der Waals surface area contributed by atoms with Crippen LogP contribution in [-0.4, -0.2) is 5.91 Å². The summed E-state index contributed by atoms with van der Waals surface area (Å²) in [5, 5.41) is 3.01. The zero-order valence-electron chi connectivity index (χ0n) is 16.0. The molecule has 0 spiro atoms. The third kappa shape index (κ3) is 5.60. The number of carbonyl (C=O) groups is 1. The molecule has 1 unspecified atom stereocenters. The Balaban J connectivity index is 1.95. The summed E-state index contributed by atoms with van der Waals surface area (Å²) in [5.41, 5.74) is 4.89. The lowest BCUT2D eigenvalue weighted by atomic mass is 9.87. The second kappa shape index (κ2) is 8.15. The summed E-state index contributed by atoms with van der Waals surface area (Å²) in [6, 6.07) is 16.7. The van der Waals surface area contributed by atoms with Crippen LogP contribution in [0.1, 0.15) is 62.9 Å². The summed E-state index contributed by atoms with van der Waals surface area (Å²) in [6.07, 6.45) is 4.48. The fraction of sp³-hybridized carbons (Fsp3) is 0.348. The molecule has 0 aromatic heterocycles. The maximum atomic E-state index is 12.2. The van der Waals surface area contributed by atoms with E-state index in [-0.39, 0.29) is 17.4 Å². The van der Waals surface area contributed by atoms with E-state index in [4.69, 9.17) is 0 Å². The molecule has 2 nitrogen and oxygen atoms in total. The van der Waals surface area contributed by atoms with E-state index in [2.05, 4.69) is 81.5 Å². The highest BCUT2D eigenvalue weighted by Gasteiger charge is 2.12. The molecule has 0 aliphatic rings. The monoisotopic (exact) mass is 335 g/mol. The lowest BCUT2D eigenvalue weighted by molar-refractivity contribution is -0.117. The molecule has 0 fully saturated rings. The zero-order chi connectivity index (χ0) is 18.4. The summed E-state index contributed by atoms with van der Waals surface area (Å²) in [6.45, 7) is 10.7. The van der Waals surface area contributed by atoms with Gasteiger partial charge in [0.25, 0.3) is 0 Å². The van der Waals surface area contributed by atoms with Crippen LogP contribution in [0.3, 0.4) is 0 Å². The lowest BCUT2D eigenvalue weighted by Crippen LogP contribution is -2.24. The van der Waals surface area contributed by atoms with Crippen molar-refractivity contribution in [2.24, 2.45) is 0 Å². The third-order valence-corrected chi connectivity index (χ3v) is 4.45. The van der Waals surface area contributed by atoms with E-state index >= 15 is 0 Å². The minimum Gasteiger partial charge on any atom is -0.346 e. The van der Waals surface area contributed by atoms with Gasteiger partial charge in [-0.25, -0.2) is 0 Å². The molecule has 2 heteroatoms. The number of amides is 1. The number of nitrogens with one attached hydrogen (secondary N) is 1. The highest BCUT2D eigenvalue weighted by Crippen LogP contribution is 2.22. The van der Waals surface area contributed by atoms with Crippen LogP contribution in [0.15, 0.2) is 54.6 Å². The van der Waals surface area contributed by atoms with E-state index < -0.39 is 0 Å². The predicted molar refractivity (Wildman–Crippen MR) is 107 cm³/mol. The van der Waals surface area contributed by atoms with Gasteiger partial charge < -0.3 is 5.32 Å². The Hall–Kier alpha value is -2.35. The highest BCUT2D eigenvalue weighted by atomic mass is 16.1. The minimum atomic E-state index is -0.0769. The van der Waals surface area contributed by atoms with Gasteiger partial charge in [-0.2, -0.15) is 0 Å². The molecular weight excluding hydrogens is 306 g/mol. The maximum Gasteiger partial charge on any atom is 0.244 e. The number of hydrogen-bond donors (Lipinski definition) is 1.